The molecule has 0 unspecified atom stereocenters. The number of nitrogens with one attached hydrogen (secondary N) is 3. The van der Waals surface area contributed by atoms with Crippen molar-refractivity contribution >= 4 is 22.6 Å². The Hall–Kier alpha value is -2.57. The number of anilines is 1. The van der Waals surface area contributed by atoms with E-state index in [4.69, 9.17) is 4.74 Å². The molecule has 2 heterocycles. The first kappa shape index (κ1) is 9.64. The van der Waals surface area contributed by atoms with Crippen LogP contribution in [0.4, 0.5) is 5.69 Å². The highest BCUT2D eigenvalue weighted by molar-refractivity contribution is 5.98. The van der Waals surface area contributed by atoms with Gasteiger partial charge >= 0.3 is 11.1 Å². The summed E-state index contributed by atoms with van der Waals surface area (Å²) in [6, 6.07) is 3.10. The number of benzene rings is 1. The highest BCUT2D eigenvalue weighted by Crippen LogP contribution is 2.30. The van der Waals surface area contributed by atoms with Crippen LogP contribution in [-0.2, 0) is 4.79 Å². The summed E-state index contributed by atoms with van der Waals surface area (Å²) in [6.07, 6.45) is 0. The van der Waals surface area contributed by atoms with Gasteiger partial charge in [0.2, 0.25) is 0 Å². The molecule has 0 spiro atoms. The zero-order valence-electron chi connectivity index (χ0n) is 8.49. The van der Waals surface area contributed by atoms with Crippen molar-refractivity contribution in [2.75, 3.05) is 11.9 Å². The number of hydrogen-bond acceptors (Lipinski definition) is 4. The minimum absolute atomic E-state index is 0.0634. The first-order valence-corrected chi connectivity index (χ1v) is 4.86. The van der Waals surface area contributed by atoms with E-state index in [0.717, 1.165) is 0 Å². The fourth-order valence-corrected chi connectivity index (χ4v) is 1.69. The molecule has 0 saturated carbocycles. The molecule has 0 aliphatic carbocycles. The Bertz CT molecular complexity index is 743. The summed E-state index contributed by atoms with van der Waals surface area (Å²) in [5.41, 5.74) is -0.113. The summed E-state index contributed by atoms with van der Waals surface area (Å²) >= 11 is 0. The number of aromatic nitrogens is 2. The van der Waals surface area contributed by atoms with Crippen molar-refractivity contribution in [2.24, 2.45) is 0 Å². The largest absolute Gasteiger partial charge is 0.482 e. The highest BCUT2D eigenvalue weighted by atomic mass is 16.5. The Balaban J connectivity index is 2.32. The zero-order valence-corrected chi connectivity index (χ0v) is 8.49. The summed E-state index contributed by atoms with van der Waals surface area (Å²) < 4.78 is 5.19. The van der Waals surface area contributed by atoms with Crippen LogP contribution in [0.1, 0.15) is 0 Å². The van der Waals surface area contributed by atoms with Gasteiger partial charge in [0.05, 0.1) is 16.7 Å². The number of ether oxygens (including phenoxy) is 1. The lowest BCUT2D eigenvalue weighted by molar-refractivity contribution is -0.118. The van der Waals surface area contributed by atoms with Crippen molar-refractivity contribution < 1.29 is 9.53 Å². The molecule has 7 nitrogen and oxygen atoms in total. The summed E-state index contributed by atoms with van der Waals surface area (Å²) in [5, 5.41) is 2.61. The molecular formula is C10H7N3O4. The Morgan fingerprint density at radius 3 is 2.35 bits per heavy atom. The highest BCUT2D eigenvalue weighted by Gasteiger charge is 2.17. The lowest BCUT2D eigenvalue weighted by Gasteiger charge is -2.18. The molecule has 1 aromatic carbocycles. The van der Waals surface area contributed by atoms with Gasteiger partial charge in [-0.3, -0.25) is 14.4 Å². The number of H-pyrrole nitrogens is 2. The van der Waals surface area contributed by atoms with Gasteiger partial charge in [-0.2, -0.15) is 0 Å². The van der Waals surface area contributed by atoms with Crippen LogP contribution in [0.3, 0.4) is 0 Å². The molecule has 0 atom stereocenters. The topological polar surface area (TPSA) is 104 Å². The van der Waals surface area contributed by atoms with Crippen LogP contribution in [0.5, 0.6) is 5.75 Å². The van der Waals surface area contributed by atoms with Gasteiger partial charge in [-0.15, -0.1) is 0 Å². The molecule has 1 aliphatic rings. The molecule has 0 saturated heterocycles. The standard InChI is InChI=1S/C10H7N3O4/c14-8-3-17-7-2-5-4(1-6(7)11-8)12-9(15)10(16)13-5/h1-2H,3H2,(H,11,14)(H,12,15)(H,13,16). The van der Waals surface area contributed by atoms with Crippen molar-refractivity contribution in [1.29, 1.82) is 0 Å². The van der Waals surface area contributed by atoms with E-state index in [9.17, 15) is 14.4 Å². The molecule has 2 aromatic rings. The molecule has 1 aromatic heterocycles. The molecule has 17 heavy (non-hydrogen) atoms. The van der Waals surface area contributed by atoms with E-state index in [1.54, 1.807) is 12.1 Å². The Labute approximate surface area is 93.4 Å². The first-order valence-electron chi connectivity index (χ1n) is 4.86. The molecule has 1 aliphatic heterocycles. The van der Waals surface area contributed by atoms with Gasteiger partial charge in [0.25, 0.3) is 5.91 Å². The molecule has 7 heteroatoms. The fraction of sp³-hybridized carbons (Fsp3) is 0.100. The number of rotatable bonds is 0. The lowest BCUT2D eigenvalue weighted by Crippen LogP contribution is -2.29. The maximum Gasteiger partial charge on any atom is 0.314 e. The van der Waals surface area contributed by atoms with E-state index in [1.165, 1.54) is 0 Å². The van der Waals surface area contributed by atoms with E-state index >= 15 is 0 Å². The summed E-state index contributed by atoms with van der Waals surface area (Å²) in [7, 11) is 0. The third-order valence-electron chi connectivity index (χ3n) is 2.46. The fourth-order valence-electron chi connectivity index (χ4n) is 1.69. The molecule has 86 valence electrons. The maximum absolute atomic E-state index is 11.1. The number of fused-ring (bicyclic) bond motifs is 2. The smallest absolute Gasteiger partial charge is 0.314 e. The quantitative estimate of drug-likeness (QED) is 0.536. The lowest BCUT2D eigenvalue weighted by atomic mass is 10.2. The van der Waals surface area contributed by atoms with Crippen molar-refractivity contribution in [3.05, 3.63) is 32.8 Å². The average Bonchev–Trinajstić information content (AvgIpc) is 2.28. The van der Waals surface area contributed by atoms with E-state index in [1.807, 2.05) is 0 Å². The van der Waals surface area contributed by atoms with Crippen LogP contribution in [0.15, 0.2) is 21.7 Å². The number of amides is 1. The second-order valence-electron chi connectivity index (χ2n) is 3.64. The third-order valence-corrected chi connectivity index (χ3v) is 2.46. The van der Waals surface area contributed by atoms with E-state index in [0.29, 0.717) is 22.5 Å². The predicted molar refractivity (Wildman–Crippen MR) is 59.3 cm³/mol. The van der Waals surface area contributed by atoms with Gasteiger partial charge in [-0.05, 0) is 6.07 Å². The van der Waals surface area contributed by atoms with Crippen LogP contribution in [0.2, 0.25) is 0 Å². The van der Waals surface area contributed by atoms with Crippen LogP contribution in [-0.4, -0.2) is 22.5 Å². The molecule has 3 N–H and O–H groups in total. The number of carbonyl (C=O) groups is 1. The number of aromatic amines is 2. The van der Waals surface area contributed by atoms with E-state index in [2.05, 4.69) is 15.3 Å². The van der Waals surface area contributed by atoms with Gasteiger partial charge < -0.3 is 20.0 Å². The average molecular weight is 233 g/mol. The maximum atomic E-state index is 11.1. The Morgan fingerprint density at radius 1 is 1.00 bits per heavy atom. The monoisotopic (exact) mass is 233 g/mol. The van der Waals surface area contributed by atoms with E-state index < -0.39 is 11.1 Å². The van der Waals surface area contributed by atoms with Gasteiger partial charge in [0, 0.05) is 6.07 Å². The Kier molecular flexibility index (Phi) is 1.82. The van der Waals surface area contributed by atoms with Crippen LogP contribution in [0.25, 0.3) is 11.0 Å². The molecule has 0 bridgehead atoms. The molecular weight excluding hydrogens is 226 g/mol. The van der Waals surface area contributed by atoms with Crippen molar-refractivity contribution in [1.82, 2.24) is 9.97 Å². The van der Waals surface area contributed by atoms with Gasteiger partial charge in [-0.25, -0.2) is 0 Å². The summed E-state index contributed by atoms with van der Waals surface area (Å²) in [5.74, 6) is 0.198. The predicted octanol–water partition coefficient (Wildman–Crippen LogP) is -0.453. The SMILES string of the molecule is O=C1COc2cc3[nH]c(=O)c(=O)[nH]c3cc2N1. The zero-order chi connectivity index (χ0) is 12.0. The normalized spacial score (nSPS) is 14.0. The van der Waals surface area contributed by atoms with Gasteiger partial charge in [-0.1, -0.05) is 0 Å². The molecule has 0 radical (unpaired) electrons. The van der Waals surface area contributed by atoms with Crippen LogP contribution >= 0.6 is 0 Å². The second kappa shape index (κ2) is 3.21. The first-order chi connectivity index (χ1) is 8.13. The number of carbonyl (C=O) groups excluding carboxylic acids is 1. The van der Waals surface area contributed by atoms with Crippen molar-refractivity contribution in [3.63, 3.8) is 0 Å². The van der Waals surface area contributed by atoms with Crippen molar-refractivity contribution in [2.45, 2.75) is 0 Å². The van der Waals surface area contributed by atoms with Crippen LogP contribution in [0, 0.1) is 0 Å². The van der Waals surface area contributed by atoms with Gasteiger partial charge in [0.1, 0.15) is 5.75 Å². The van der Waals surface area contributed by atoms with Crippen LogP contribution < -0.4 is 21.2 Å². The minimum Gasteiger partial charge on any atom is -0.482 e. The molecule has 1 amide bonds. The van der Waals surface area contributed by atoms with Gasteiger partial charge in [0.15, 0.2) is 6.61 Å². The Morgan fingerprint density at radius 2 is 1.65 bits per heavy atom. The molecule has 0 fully saturated rings. The second-order valence-corrected chi connectivity index (χ2v) is 3.64. The number of hydrogen-bond donors (Lipinski definition) is 3. The molecule has 3 rings (SSSR count). The van der Waals surface area contributed by atoms with Crippen molar-refractivity contribution in [3.8, 4) is 5.75 Å². The summed E-state index contributed by atoms with van der Waals surface area (Å²) in [4.78, 5) is 38.3. The van der Waals surface area contributed by atoms with E-state index in [-0.39, 0.29) is 12.5 Å². The summed E-state index contributed by atoms with van der Waals surface area (Å²) in [6.45, 7) is -0.0634. The third kappa shape index (κ3) is 1.48. The minimum atomic E-state index is -0.736.